The minimum Gasteiger partial charge on any atom is -0.351 e. The highest BCUT2D eigenvalue weighted by Crippen LogP contribution is 2.33. The van der Waals surface area contributed by atoms with Gasteiger partial charge in [0.1, 0.15) is 0 Å². The van der Waals surface area contributed by atoms with Gasteiger partial charge in [-0.3, -0.25) is 4.79 Å². The van der Waals surface area contributed by atoms with Gasteiger partial charge < -0.3 is 5.32 Å². The first-order chi connectivity index (χ1) is 16.3. The molecule has 1 heterocycles. The smallest absolute Gasteiger partial charge is 0.251 e. The summed E-state index contributed by atoms with van der Waals surface area (Å²) in [4.78, 5) is 13.1. The van der Waals surface area contributed by atoms with E-state index in [1.54, 1.807) is 0 Å². The molecule has 2 unspecified atom stereocenters. The van der Waals surface area contributed by atoms with Crippen molar-refractivity contribution in [3.63, 3.8) is 0 Å². The second kappa shape index (κ2) is 10.5. The summed E-state index contributed by atoms with van der Waals surface area (Å²) in [6.45, 7) is 6.60. The van der Waals surface area contributed by atoms with Crippen LogP contribution in [0.2, 0.25) is 10.0 Å². The molecule has 0 spiro atoms. The average molecular weight is 492 g/mol. The third-order valence-electron chi connectivity index (χ3n) is 6.14. The zero-order chi connectivity index (χ0) is 24.2. The van der Waals surface area contributed by atoms with Crippen LogP contribution in [0.4, 0.5) is 0 Å². The van der Waals surface area contributed by atoms with Gasteiger partial charge >= 0.3 is 0 Å². The maximum absolute atomic E-state index is 13.1. The number of amides is 1. The minimum atomic E-state index is -0.120. The minimum absolute atomic E-state index is 0.0570. The molecule has 0 fully saturated rings. The summed E-state index contributed by atoms with van der Waals surface area (Å²) in [5.74, 6) is 0.0898. The molecule has 6 heteroatoms. The maximum atomic E-state index is 13.1. The van der Waals surface area contributed by atoms with Gasteiger partial charge in [0, 0.05) is 33.8 Å². The quantitative estimate of drug-likeness (QED) is 0.299. The lowest BCUT2D eigenvalue weighted by atomic mass is 9.82. The van der Waals surface area contributed by atoms with Crippen molar-refractivity contribution in [1.29, 1.82) is 0 Å². The van der Waals surface area contributed by atoms with Crippen LogP contribution < -0.4 is 5.32 Å². The van der Waals surface area contributed by atoms with Crippen molar-refractivity contribution in [2.24, 2.45) is 0 Å². The van der Waals surface area contributed by atoms with Crippen LogP contribution in [0.3, 0.4) is 0 Å². The van der Waals surface area contributed by atoms with E-state index in [0.29, 0.717) is 22.2 Å². The molecule has 4 nitrogen and oxygen atoms in total. The van der Waals surface area contributed by atoms with Crippen LogP contribution >= 0.6 is 23.2 Å². The van der Waals surface area contributed by atoms with Gasteiger partial charge in [0.25, 0.3) is 5.91 Å². The molecule has 1 amide bonds. The van der Waals surface area contributed by atoms with E-state index >= 15 is 0 Å². The normalized spacial score (nSPS) is 12.9. The van der Waals surface area contributed by atoms with Crippen LogP contribution in [0.5, 0.6) is 0 Å². The number of rotatable bonds is 7. The molecule has 0 radical (unpaired) electrons. The summed E-state index contributed by atoms with van der Waals surface area (Å²) in [5, 5.41) is 9.06. The number of halogens is 2. The molecule has 1 N–H and O–H groups in total. The van der Waals surface area contributed by atoms with E-state index in [0.717, 1.165) is 28.2 Å². The van der Waals surface area contributed by atoms with Crippen molar-refractivity contribution in [2.75, 3.05) is 6.54 Å². The van der Waals surface area contributed by atoms with Crippen LogP contribution in [0.25, 0.3) is 5.69 Å². The summed E-state index contributed by atoms with van der Waals surface area (Å²) in [5.41, 5.74) is 5.69. The van der Waals surface area contributed by atoms with Gasteiger partial charge in [-0.25, -0.2) is 4.68 Å². The summed E-state index contributed by atoms with van der Waals surface area (Å²) >= 11 is 12.2. The highest BCUT2D eigenvalue weighted by atomic mass is 35.5. The van der Waals surface area contributed by atoms with Crippen molar-refractivity contribution >= 4 is 29.1 Å². The second-order valence-electron chi connectivity index (χ2n) is 8.60. The Morgan fingerprint density at radius 1 is 0.912 bits per heavy atom. The van der Waals surface area contributed by atoms with Gasteiger partial charge in [-0.2, -0.15) is 5.10 Å². The van der Waals surface area contributed by atoms with E-state index < -0.39 is 0 Å². The first-order valence-corrected chi connectivity index (χ1v) is 12.0. The molecule has 1 aromatic heterocycles. The molecule has 4 rings (SSSR count). The molecule has 0 aliphatic heterocycles. The molecule has 34 heavy (non-hydrogen) atoms. The van der Waals surface area contributed by atoms with E-state index in [9.17, 15) is 4.79 Å². The number of benzene rings is 3. The van der Waals surface area contributed by atoms with Gasteiger partial charge in [-0.1, -0.05) is 60.5 Å². The van der Waals surface area contributed by atoms with E-state index in [1.807, 2.05) is 97.4 Å². The second-order valence-corrected chi connectivity index (χ2v) is 9.47. The predicted molar refractivity (Wildman–Crippen MR) is 139 cm³/mol. The molecule has 2 atom stereocenters. The van der Waals surface area contributed by atoms with Crippen molar-refractivity contribution in [3.05, 3.63) is 117 Å². The van der Waals surface area contributed by atoms with E-state index in [4.69, 9.17) is 23.2 Å². The molecule has 0 bridgehead atoms. The fourth-order valence-corrected chi connectivity index (χ4v) is 4.52. The van der Waals surface area contributed by atoms with Crippen LogP contribution in [0.15, 0.2) is 78.9 Å². The third kappa shape index (κ3) is 5.52. The molecular weight excluding hydrogens is 465 g/mol. The van der Waals surface area contributed by atoms with Crippen molar-refractivity contribution < 1.29 is 4.79 Å². The highest BCUT2D eigenvalue weighted by molar-refractivity contribution is 6.30. The summed E-state index contributed by atoms with van der Waals surface area (Å²) in [6, 6.07) is 25.2. The standard InChI is InChI=1S/C28H27Cl2N3O/c1-18-15-19(2)33(32-18)26-6-4-5-23(16-26)28(34)31-17-27(22-9-13-25(30)14-10-22)20(3)21-7-11-24(29)12-8-21/h4-16,20,27H,17H2,1-3H3,(H,31,34). The molecule has 0 saturated carbocycles. The molecule has 0 aliphatic carbocycles. The Kier molecular flexibility index (Phi) is 7.40. The number of nitrogens with one attached hydrogen (secondary N) is 1. The fraction of sp³-hybridized carbons (Fsp3) is 0.214. The molecule has 4 aromatic rings. The summed E-state index contributed by atoms with van der Waals surface area (Å²) in [7, 11) is 0. The van der Waals surface area contributed by atoms with Crippen molar-refractivity contribution in [2.45, 2.75) is 32.6 Å². The molecule has 0 saturated heterocycles. The topological polar surface area (TPSA) is 46.9 Å². The lowest BCUT2D eigenvalue weighted by Crippen LogP contribution is -2.30. The van der Waals surface area contributed by atoms with Crippen molar-refractivity contribution in [1.82, 2.24) is 15.1 Å². The van der Waals surface area contributed by atoms with E-state index in [-0.39, 0.29) is 17.7 Å². The SMILES string of the molecule is Cc1cc(C)n(-c2cccc(C(=O)NCC(c3ccc(Cl)cc3)C(C)c3ccc(Cl)cc3)c2)n1. The number of hydrogen-bond acceptors (Lipinski definition) is 2. The highest BCUT2D eigenvalue weighted by Gasteiger charge is 2.22. The number of carbonyl (C=O) groups excluding carboxylic acids is 1. The lowest BCUT2D eigenvalue weighted by Gasteiger charge is -2.26. The summed E-state index contributed by atoms with van der Waals surface area (Å²) < 4.78 is 1.85. The Morgan fingerprint density at radius 2 is 1.53 bits per heavy atom. The lowest BCUT2D eigenvalue weighted by molar-refractivity contribution is 0.0950. The van der Waals surface area contributed by atoms with Gasteiger partial charge in [0.15, 0.2) is 0 Å². The van der Waals surface area contributed by atoms with Gasteiger partial charge in [-0.15, -0.1) is 0 Å². The van der Waals surface area contributed by atoms with Gasteiger partial charge in [-0.05, 0) is 79.4 Å². The van der Waals surface area contributed by atoms with Gasteiger partial charge in [0.05, 0.1) is 11.4 Å². The molecular formula is C28H27Cl2N3O. The van der Waals surface area contributed by atoms with Gasteiger partial charge in [0.2, 0.25) is 0 Å². The molecule has 3 aromatic carbocycles. The average Bonchev–Trinajstić information content (AvgIpc) is 3.18. The monoisotopic (exact) mass is 491 g/mol. The van der Waals surface area contributed by atoms with E-state index in [2.05, 4.69) is 17.3 Å². The van der Waals surface area contributed by atoms with Crippen LogP contribution in [-0.2, 0) is 0 Å². The Balaban J connectivity index is 1.56. The Morgan fingerprint density at radius 3 is 2.12 bits per heavy atom. The number of aromatic nitrogens is 2. The number of hydrogen-bond donors (Lipinski definition) is 1. The Labute approximate surface area is 210 Å². The Bertz CT molecular complexity index is 1280. The van der Waals surface area contributed by atoms with Crippen LogP contribution in [-0.4, -0.2) is 22.2 Å². The number of carbonyl (C=O) groups is 1. The van der Waals surface area contributed by atoms with Crippen LogP contribution in [0, 0.1) is 13.8 Å². The first kappa shape index (κ1) is 24.1. The predicted octanol–water partition coefficient (Wildman–Crippen LogP) is 7.11. The zero-order valence-electron chi connectivity index (χ0n) is 19.4. The zero-order valence-corrected chi connectivity index (χ0v) is 20.9. The maximum Gasteiger partial charge on any atom is 0.251 e. The molecule has 174 valence electrons. The first-order valence-electron chi connectivity index (χ1n) is 11.2. The Hall–Kier alpha value is -3.08. The van der Waals surface area contributed by atoms with Crippen LogP contribution in [0.1, 0.15) is 51.6 Å². The number of aryl methyl sites for hydroxylation is 2. The van der Waals surface area contributed by atoms with E-state index in [1.165, 1.54) is 0 Å². The fourth-order valence-electron chi connectivity index (χ4n) is 4.27. The third-order valence-corrected chi connectivity index (χ3v) is 6.65. The largest absolute Gasteiger partial charge is 0.351 e. The molecule has 0 aliphatic rings. The number of nitrogens with zero attached hydrogens (tertiary/aromatic N) is 2. The van der Waals surface area contributed by atoms with Crippen molar-refractivity contribution in [3.8, 4) is 5.69 Å². The summed E-state index contributed by atoms with van der Waals surface area (Å²) in [6.07, 6.45) is 0.